The minimum atomic E-state index is -0.321. The van der Waals surface area contributed by atoms with Crippen LogP contribution in [0.5, 0.6) is 0 Å². The highest BCUT2D eigenvalue weighted by Gasteiger charge is 2.17. The van der Waals surface area contributed by atoms with Gasteiger partial charge >= 0.3 is 0 Å². The number of hydrogen-bond donors (Lipinski definition) is 2. The molecule has 0 fully saturated rings. The SMILES string of the molecule is CCCC(NC(=O)c1c[nH]c(C)cc1=O)c1cccs1. The Bertz CT molecular complexity index is 632. The minimum Gasteiger partial charge on any atom is -0.364 e. The molecule has 0 aromatic carbocycles. The first kappa shape index (κ1) is 14.5. The number of nitrogens with one attached hydrogen (secondary N) is 2. The molecule has 0 aliphatic carbocycles. The third-order valence-corrected chi connectivity index (χ3v) is 4.06. The van der Waals surface area contributed by atoms with Crippen LogP contribution in [0.3, 0.4) is 0 Å². The van der Waals surface area contributed by atoms with Gasteiger partial charge in [0.1, 0.15) is 5.56 Å². The van der Waals surface area contributed by atoms with Crippen molar-refractivity contribution in [3.63, 3.8) is 0 Å². The van der Waals surface area contributed by atoms with Crippen molar-refractivity contribution < 1.29 is 4.79 Å². The Morgan fingerprint density at radius 3 is 2.90 bits per heavy atom. The molecule has 0 aliphatic heterocycles. The quantitative estimate of drug-likeness (QED) is 0.889. The van der Waals surface area contributed by atoms with Crippen molar-refractivity contribution in [3.05, 3.63) is 56.1 Å². The third-order valence-electron chi connectivity index (χ3n) is 3.07. The summed E-state index contributed by atoms with van der Waals surface area (Å²) >= 11 is 1.61. The molecule has 5 heteroatoms. The Kier molecular flexibility index (Phi) is 4.74. The summed E-state index contributed by atoms with van der Waals surface area (Å²) in [6.45, 7) is 3.86. The van der Waals surface area contributed by atoms with Gasteiger partial charge in [0.15, 0.2) is 5.43 Å². The zero-order valence-electron chi connectivity index (χ0n) is 11.6. The van der Waals surface area contributed by atoms with Gasteiger partial charge in [-0.2, -0.15) is 0 Å². The van der Waals surface area contributed by atoms with Crippen molar-refractivity contribution in [1.82, 2.24) is 10.3 Å². The molecule has 4 nitrogen and oxygen atoms in total. The van der Waals surface area contributed by atoms with Crippen LogP contribution in [0.2, 0.25) is 0 Å². The lowest BCUT2D eigenvalue weighted by Crippen LogP contribution is -2.31. The monoisotopic (exact) mass is 290 g/mol. The summed E-state index contributed by atoms with van der Waals surface area (Å²) in [6, 6.07) is 5.38. The lowest BCUT2D eigenvalue weighted by molar-refractivity contribution is 0.0934. The molecule has 2 rings (SSSR count). The van der Waals surface area contributed by atoms with Crippen LogP contribution in [0.25, 0.3) is 0 Å². The number of thiophene rings is 1. The van der Waals surface area contributed by atoms with Crippen LogP contribution in [0.1, 0.15) is 46.7 Å². The minimum absolute atomic E-state index is 0.0341. The van der Waals surface area contributed by atoms with Crippen molar-refractivity contribution in [3.8, 4) is 0 Å². The van der Waals surface area contributed by atoms with Gasteiger partial charge in [0.2, 0.25) is 0 Å². The van der Waals surface area contributed by atoms with Gasteiger partial charge < -0.3 is 10.3 Å². The van der Waals surface area contributed by atoms with Gasteiger partial charge in [-0.3, -0.25) is 9.59 Å². The summed E-state index contributed by atoms with van der Waals surface area (Å²) < 4.78 is 0. The first-order valence-electron chi connectivity index (χ1n) is 6.65. The molecule has 2 heterocycles. The van der Waals surface area contributed by atoms with E-state index in [1.165, 1.54) is 12.3 Å². The van der Waals surface area contributed by atoms with Gasteiger partial charge in [-0.1, -0.05) is 19.4 Å². The second-order valence-corrected chi connectivity index (χ2v) is 5.70. The van der Waals surface area contributed by atoms with E-state index in [9.17, 15) is 9.59 Å². The van der Waals surface area contributed by atoms with Crippen molar-refractivity contribution in [2.24, 2.45) is 0 Å². The van der Waals surface area contributed by atoms with E-state index in [1.54, 1.807) is 18.3 Å². The number of H-pyrrole nitrogens is 1. The Hall–Kier alpha value is -1.88. The molecular weight excluding hydrogens is 272 g/mol. The molecule has 0 bridgehead atoms. The molecule has 0 radical (unpaired) electrons. The number of amides is 1. The summed E-state index contributed by atoms with van der Waals surface area (Å²) in [7, 11) is 0. The molecule has 2 N–H and O–H groups in total. The van der Waals surface area contributed by atoms with Crippen LogP contribution in [0.4, 0.5) is 0 Å². The third kappa shape index (κ3) is 3.36. The van der Waals surface area contributed by atoms with Crippen LogP contribution in [-0.2, 0) is 0 Å². The molecule has 1 unspecified atom stereocenters. The van der Waals surface area contributed by atoms with Crippen molar-refractivity contribution in [1.29, 1.82) is 0 Å². The molecule has 0 aliphatic rings. The van der Waals surface area contributed by atoms with Crippen LogP contribution in [0, 0.1) is 6.92 Å². The Labute approximate surface area is 121 Å². The zero-order chi connectivity index (χ0) is 14.5. The van der Waals surface area contributed by atoms with Gasteiger partial charge in [-0.05, 0) is 24.8 Å². The highest BCUT2D eigenvalue weighted by molar-refractivity contribution is 7.10. The van der Waals surface area contributed by atoms with E-state index in [4.69, 9.17) is 0 Å². The second kappa shape index (κ2) is 6.52. The smallest absolute Gasteiger partial charge is 0.257 e. The number of carbonyl (C=O) groups is 1. The van der Waals surface area contributed by atoms with E-state index >= 15 is 0 Å². The highest BCUT2D eigenvalue weighted by atomic mass is 32.1. The summed E-state index contributed by atoms with van der Waals surface area (Å²) in [5.74, 6) is -0.321. The maximum atomic E-state index is 12.2. The Morgan fingerprint density at radius 2 is 2.30 bits per heavy atom. The molecule has 20 heavy (non-hydrogen) atoms. The van der Waals surface area contributed by atoms with Gasteiger partial charge in [-0.25, -0.2) is 0 Å². The first-order chi connectivity index (χ1) is 9.61. The van der Waals surface area contributed by atoms with E-state index in [1.807, 2.05) is 17.5 Å². The van der Waals surface area contributed by atoms with Crippen LogP contribution in [0.15, 0.2) is 34.6 Å². The molecule has 1 atom stereocenters. The molecule has 2 aromatic heterocycles. The van der Waals surface area contributed by atoms with Crippen molar-refractivity contribution in [2.75, 3.05) is 0 Å². The van der Waals surface area contributed by atoms with Crippen LogP contribution < -0.4 is 10.7 Å². The largest absolute Gasteiger partial charge is 0.364 e. The van der Waals surface area contributed by atoms with E-state index in [0.717, 1.165) is 23.4 Å². The number of carbonyl (C=O) groups excluding carboxylic acids is 1. The standard InChI is InChI=1S/C15H18N2O2S/c1-3-5-12(14-6-4-7-20-14)17-15(19)11-9-16-10(2)8-13(11)18/h4,6-9,12H,3,5H2,1-2H3,(H,16,18)(H,17,19). The number of hydrogen-bond acceptors (Lipinski definition) is 3. The maximum absolute atomic E-state index is 12.2. The highest BCUT2D eigenvalue weighted by Crippen LogP contribution is 2.23. The molecular formula is C15H18N2O2S. The van der Waals surface area contributed by atoms with Gasteiger partial charge in [-0.15, -0.1) is 11.3 Å². The Balaban J connectivity index is 2.18. The molecule has 2 aromatic rings. The van der Waals surface area contributed by atoms with Gasteiger partial charge in [0.25, 0.3) is 5.91 Å². The summed E-state index contributed by atoms with van der Waals surface area (Å²) in [4.78, 5) is 28.1. The van der Waals surface area contributed by atoms with Gasteiger partial charge in [0, 0.05) is 22.8 Å². The number of rotatable bonds is 5. The average molecular weight is 290 g/mol. The fourth-order valence-electron chi connectivity index (χ4n) is 2.05. The second-order valence-electron chi connectivity index (χ2n) is 4.72. The fourth-order valence-corrected chi connectivity index (χ4v) is 2.86. The van der Waals surface area contributed by atoms with Crippen LogP contribution >= 0.6 is 11.3 Å². The lowest BCUT2D eigenvalue weighted by Gasteiger charge is -2.16. The van der Waals surface area contributed by atoms with E-state index < -0.39 is 0 Å². The summed E-state index contributed by atoms with van der Waals surface area (Å²) in [5, 5.41) is 4.94. The predicted octanol–water partition coefficient (Wildman–Crippen LogP) is 3.02. The molecule has 0 spiro atoms. The number of pyridine rings is 1. The maximum Gasteiger partial charge on any atom is 0.257 e. The number of aromatic amines is 1. The van der Waals surface area contributed by atoms with Crippen molar-refractivity contribution >= 4 is 17.2 Å². The predicted molar refractivity (Wildman–Crippen MR) is 81.2 cm³/mol. The first-order valence-corrected chi connectivity index (χ1v) is 7.53. The Morgan fingerprint density at radius 1 is 1.50 bits per heavy atom. The lowest BCUT2D eigenvalue weighted by atomic mass is 10.1. The number of aryl methyl sites for hydroxylation is 1. The fraction of sp³-hybridized carbons (Fsp3) is 0.333. The normalized spacial score (nSPS) is 12.1. The topological polar surface area (TPSA) is 62.0 Å². The van der Waals surface area contributed by atoms with E-state index in [-0.39, 0.29) is 22.9 Å². The molecule has 0 saturated heterocycles. The van der Waals surface area contributed by atoms with E-state index in [0.29, 0.717) is 0 Å². The zero-order valence-corrected chi connectivity index (χ0v) is 12.4. The summed E-state index contributed by atoms with van der Waals surface area (Å²) in [6.07, 6.45) is 3.30. The number of aromatic nitrogens is 1. The molecule has 0 saturated carbocycles. The summed E-state index contributed by atoms with van der Waals surface area (Å²) in [5.41, 5.74) is 0.656. The van der Waals surface area contributed by atoms with Crippen LogP contribution in [-0.4, -0.2) is 10.9 Å². The molecule has 106 valence electrons. The van der Waals surface area contributed by atoms with Gasteiger partial charge in [0.05, 0.1) is 6.04 Å². The van der Waals surface area contributed by atoms with Crippen molar-refractivity contribution in [2.45, 2.75) is 32.7 Å². The molecule has 1 amide bonds. The average Bonchev–Trinajstić information content (AvgIpc) is 2.91. The van der Waals surface area contributed by atoms with E-state index in [2.05, 4.69) is 17.2 Å².